The lowest BCUT2D eigenvalue weighted by Gasteiger charge is -2.47. The Bertz CT molecular complexity index is 873. The van der Waals surface area contributed by atoms with E-state index in [0.717, 1.165) is 0 Å². The molecule has 1 saturated carbocycles. The zero-order valence-electron chi connectivity index (χ0n) is 15.3. The largest absolute Gasteiger partial charge is 0.274 e. The van der Waals surface area contributed by atoms with Crippen molar-refractivity contribution >= 4 is 27.5 Å². The maximum absolute atomic E-state index is 13.1. The Kier molecular flexibility index (Phi) is 4.36. The van der Waals surface area contributed by atoms with E-state index >= 15 is 0 Å². The number of fused-ring (bicyclic) bond motifs is 2. The van der Waals surface area contributed by atoms with Gasteiger partial charge in [-0.3, -0.25) is 9.59 Å². The van der Waals surface area contributed by atoms with Crippen LogP contribution in [0.25, 0.3) is 0 Å². The molecule has 1 N–H and O–H groups in total. The third kappa shape index (κ3) is 2.53. The van der Waals surface area contributed by atoms with Crippen LogP contribution in [-0.4, -0.2) is 26.8 Å². The summed E-state index contributed by atoms with van der Waals surface area (Å²) in [4.78, 5) is 27.4. The number of carbonyl (C=O) groups excluding carboxylic acids is 2. The van der Waals surface area contributed by atoms with Crippen LogP contribution in [0.15, 0.2) is 41.8 Å². The summed E-state index contributed by atoms with van der Waals surface area (Å²) in [7, 11) is -3.65. The van der Waals surface area contributed by atoms with Crippen molar-refractivity contribution in [2.24, 2.45) is 16.7 Å². The Morgan fingerprint density at radius 1 is 1.23 bits per heavy atom. The minimum atomic E-state index is -3.65. The number of carbonyl (C=O) groups is 2. The van der Waals surface area contributed by atoms with Gasteiger partial charge in [0.05, 0.1) is 16.0 Å². The second-order valence-corrected chi connectivity index (χ2v) is 9.53. The van der Waals surface area contributed by atoms with Crippen LogP contribution in [0.3, 0.4) is 0 Å². The second kappa shape index (κ2) is 6.03. The lowest BCUT2D eigenvalue weighted by atomic mass is 9.62. The molecule has 1 saturated heterocycles. The van der Waals surface area contributed by atoms with Crippen molar-refractivity contribution in [2.45, 2.75) is 38.5 Å². The molecule has 1 aliphatic carbocycles. The molecule has 2 atom stereocenters. The van der Waals surface area contributed by atoms with Gasteiger partial charge in [-0.1, -0.05) is 26.8 Å². The third-order valence-electron chi connectivity index (χ3n) is 6.24. The van der Waals surface area contributed by atoms with E-state index in [2.05, 4.69) is 11.3 Å². The Labute approximate surface area is 154 Å². The highest BCUT2D eigenvalue weighted by Gasteiger charge is 2.64. The first-order valence-corrected chi connectivity index (χ1v) is 10.1. The normalized spacial score (nSPS) is 27.7. The van der Waals surface area contributed by atoms with Crippen LogP contribution in [0.1, 0.15) is 33.6 Å². The van der Waals surface area contributed by atoms with E-state index in [1.54, 1.807) is 0 Å². The highest BCUT2D eigenvalue weighted by molar-refractivity contribution is 7.89. The molecule has 6 nitrogen and oxygen atoms in total. The molecular weight excluding hydrogens is 352 g/mol. The molecule has 3 rings (SSSR count). The number of sulfonamides is 1. The third-order valence-corrected chi connectivity index (χ3v) is 7.68. The molecule has 1 aromatic rings. The van der Waals surface area contributed by atoms with Gasteiger partial charge in [0.25, 0.3) is 0 Å². The number of anilines is 1. The maximum Gasteiger partial charge on any atom is 0.240 e. The molecule has 0 aromatic heterocycles. The van der Waals surface area contributed by atoms with Gasteiger partial charge in [0.15, 0.2) is 0 Å². The predicted molar refractivity (Wildman–Crippen MR) is 98.9 cm³/mol. The summed E-state index contributed by atoms with van der Waals surface area (Å²) < 4.78 is 26.7. The van der Waals surface area contributed by atoms with E-state index in [1.807, 2.05) is 20.8 Å². The smallest absolute Gasteiger partial charge is 0.240 e. The van der Waals surface area contributed by atoms with E-state index in [9.17, 15) is 18.0 Å². The topological polar surface area (TPSA) is 83.6 Å². The Morgan fingerprint density at radius 2 is 1.85 bits per heavy atom. The number of nitrogens with zero attached hydrogens (tertiary/aromatic N) is 1. The van der Waals surface area contributed by atoms with Gasteiger partial charge in [-0.25, -0.2) is 18.0 Å². The summed E-state index contributed by atoms with van der Waals surface area (Å²) in [5.74, 6) is -0.611. The fourth-order valence-electron chi connectivity index (χ4n) is 4.09. The standard InChI is InChI=1S/C19H24N2O4S/c1-5-12-20-26(24,25)14-8-6-13(7-9-14)21-16(22)15-10-11-19(4,17(21)23)18(15,2)3/h5-9,15,20H,1,10-12H2,2-4H3/t15-,19+/m1/s1. The summed E-state index contributed by atoms with van der Waals surface area (Å²) in [6.07, 6.45) is 2.83. The molecule has 2 amide bonds. The monoisotopic (exact) mass is 376 g/mol. The van der Waals surface area contributed by atoms with Crippen molar-refractivity contribution < 1.29 is 18.0 Å². The second-order valence-electron chi connectivity index (χ2n) is 7.76. The quantitative estimate of drug-likeness (QED) is 0.632. The molecule has 0 spiro atoms. The van der Waals surface area contributed by atoms with Gasteiger partial charge in [0.2, 0.25) is 21.8 Å². The first-order valence-electron chi connectivity index (χ1n) is 8.65. The fourth-order valence-corrected chi connectivity index (χ4v) is 5.09. The molecule has 2 fully saturated rings. The number of amides is 2. The molecule has 1 aromatic carbocycles. The van der Waals surface area contributed by atoms with Crippen molar-refractivity contribution in [3.8, 4) is 0 Å². The molecule has 7 heteroatoms. The fraction of sp³-hybridized carbons (Fsp3) is 0.474. The molecule has 26 heavy (non-hydrogen) atoms. The van der Waals surface area contributed by atoms with E-state index < -0.39 is 15.4 Å². The van der Waals surface area contributed by atoms with Crippen LogP contribution < -0.4 is 9.62 Å². The Morgan fingerprint density at radius 3 is 2.42 bits per heavy atom. The molecule has 2 aliphatic rings. The predicted octanol–water partition coefficient (Wildman–Crippen LogP) is 2.47. The molecule has 1 heterocycles. The minimum Gasteiger partial charge on any atom is -0.274 e. The van der Waals surface area contributed by atoms with Crippen molar-refractivity contribution in [1.29, 1.82) is 0 Å². The zero-order chi connectivity index (χ0) is 19.3. The van der Waals surface area contributed by atoms with E-state index in [0.29, 0.717) is 18.5 Å². The molecule has 0 unspecified atom stereocenters. The van der Waals surface area contributed by atoms with E-state index in [4.69, 9.17) is 0 Å². The summed E-state index contributed by atoms with van der Waals surface area (Å²) in [5, 5.41) is 0. The Balaban J connectivity index is 1.94. The van der Waals surface area contributed by atoms with Gasteiger partial charge in [-0.15, -0.1) is 6.58 Å². The van der Waals surface area contributed by atoms with E-state index in [1.165, 1.54) is 35.2 Å². The van der Waals surface area contributed by atoms with Gasteiger partial charge in [-0.05, 0) is 42.5 Å². The average Bonchev–Trinajstić information content (AvgIpc) is 2.77. The molecule has 0 radical (unpaired) electrons. The summed E-state index contributed by atoms with van der Waals surface area (Å²) in [5.41, 5.74) is -0.562. The SMILES string of the molecule is C=CCNS(=O)(=O)c1ccc(N2C(=O)[C@H]3CC[C@@](C)(C2=O)C3(C)C)cc1. The van der Waals surface area contributed by atoms with Crippen molar-refractivity contribution in [2.75, 3.05) is 11.4 Å². The van der Waals surface area contributed by atoms with Crippen LogP contribution in [-0.2, 0) is 19.6 Å². The van der Waals surface area contributed by atoms with Gasteiger partial charge in [0, 0.05) is 12.5 Å². The van der Waals surface area contributed by atoms with E-state index in [-0.39, 0.29) is 34.6 Å². The average molecular weight is 376 g/mol. The van der Waals surface area contributed by atoms with Gasteiger partial charge in [-0.2, -0.15) is 0 Å². The number of imide groups is 1. The molecule has 1 aliphatic heterocycles. The van der Waals surface area contributed by atoms with Crippen LogP contribution in [0, 0.1) is 16.7 Å². The van der Waals surface area contributed by atoms with Crippen LogP contribution in [0.2, 0.25) is 0 Å². The van der Waals surface area contributed by atoms with Gasteiger partial charge >= 0.3 is 0 Å². The highest BCUT2D eigenvalue weighted by Crippen LogP contribution is 2.60. The van der Waals surface area contributed by atoms with Crippen molar-refractivity contribution in [3.63, 3.8) is 0 Å². The molecule has 2 bridgehead atoms. The number of benzene rings is 1. The van der Waals surface area contributed by atoms with Crippen LogP contribution in [0.4, 0.5) is 5.69 Å². The van der Waals surface area contributed by atoms with Crippen LogP contribution in [0.5, 0.6) is 0 Å². The zero-order valence-corrected chi connectivity index (χ0v) is 16.1. The molecule has 140 valence electrons. The first kappa shape index (κ1) is 18.8. The van der Waals surface area contributed by atoms with Crippen LogP contribution >= 0.6 is 0 Å². The van der Waals surface area contributed by atoms with Crippen molar-refractivity contribution in [3.05, 3.63) is 36.9 Å². The molecular formula is C19H24N2O4S. The number of hydrogen-bond acceptors (Lipinski definition) is 4. The van der Waals surface area contributed by atoms with Crippen molar-refractivity contribution in [1.82, 2.24) is 4.72 Å². The summed E-state index contributed by atoms with van der Waals surface area (Å²) in [6.45, 7) is 9.50. The number of nitrogens with one attached hydrogen (secondary N) is 1. The Hall–Kier alpha value is -1.99. The highest BCUT2D eigenvalue weighted by atomic mass is 32.2. The first-order chi connectivity index (χ1) is 12.1. The lowest BCUT2D eigenvalue weighted by molar-refractivity contribution is -0.146. The summed E-state index contributed by atoms with van der Waals surface area (Å²) in [6, 6.07) is 5.84. The van der Waals surface area contributed by atoms with Gasteiger partial charge < -0.3 is 0 Å². The lowest BCUT2D eigenvalue weighted by Crippen LogP contribution is -2.59. The minimum absolute atomic E-state index is 0.0783. The summed E-state index contributed by atoms with van der Waals surface area (Å²) >= 11 is 0. The number of rotatable bonds is 5. The maximum atomic E-state index is 13.1. The number of hydrogen-bond donors (Lipinski definition) is 1. The van der Waals surface area contributed by atoms with Gasteiger partial charge in [0.1, 0.15) is 0 Å². The number of piperidine rings is 1.